The third-order valence-electron chi connectivity index (χ3n) is 4.15. The van der Waals surface area contributed by atoms with Gasteiger partial charge in [-0.25, -0.2) is 0 Å². The monoisotopic (exact) mass is 412 g/mol. The average molecular weight is 413 g/mol. The fraction of sp³-hybridized carbons (Fsp3) is 0.320. The smallest absolute Gasteiger partial charge is 0.104 e. The van der Waals surface area contributed by atoms with Crippen molar-refractivity contribution < 1.29 is 24.0 Å². The van der Waals surface area contributed by atoms with E-state index in [9.17, 15) is 0 Å². The highest BCUT2D eigenvalue weighted by Crippen LogP contribution is 2.09. The Balaban J connectivity index is 0.000000477. The standard InChI is InChI=1S/2C12H18N.CH2O3/c2*1-4-10-13(2,3)11-12-8-6-5-7-9-12;2-1(3)4/h2*4-9H,1,10-11H2,2-3H3;(H2,2,3,4)/q2*+1;/p-2. The number of hydrogen-bond donors (Lipinski definition) is 0. The van der Waals surface area contributed by atoms with Crippen LogP contribution in [0.4, 0.5) is 4.79 Å². The molecule has 5 heteroatoms. The summed E-state index contributed by atoms with van der Waals surface area (Å²) in [6.45, 7) is 11.7. The fourth-order valence-electron chi connectivity index (χ4n) is 2.98. The molecule has 0 saturated carbocycles. The highest BCUT2D eigenvalue weighted by atomic mass is 16.6. The molecule has 2 aromatic carbocycles. The molecule has 0 spiro atoms. The van der Waals surface area contributed by atoms with E-state index >= 15 is 0 Å². The molecule has 2 aromatic rings. The van der Waals surface area contributed by atoms with E-state index in [-0.39, 0.29) is 0 Å². The lowest BCUT2D eigenvalue weighted by molar-refractivity contribution is -0.897. The average Bonchev–Trinajstić information content (AvgIpc) is 2.62. The molecular weight excluding hydrogens is 376 g/mol. The largest absolute Gasteiger partial charge is 0.652 e. The van der Waals surface area contributed by atoms with E-state index in [2.05, 4.69) is 102 Å². The molecule has 0 aliphatic heterocycles. The molecule has 0 radical (unpaired) electrons. The highest BCUT2D eigenvalue weighted by molar-refractivity contribution is 5.47. The summed E-state index contributed by atoms with van der Waals surface area (Å²) in [5.74, 6) is 0. The van der Waals surface area contributed by atoms with E-state index in [1.54, 1.807) is 0 Å². The molecule has 2 rings (SSSR count). The molecule has 5 nitrogen and oxygen atoms in total. The number of hydrogen-bond acceptors (Lipinski definition) is 3. The molecular formula is C25H36N2O3. The van der Waals surface area contributed by atoms with Crippen LogP contribution in [0.15, 0.2) is 86.0 Å². The van der Waals surface area contributed by atoms with Gasteiger partial charge in [0.15, 0.2) is 0 Å². The number of nitrogens with zero attached hydrogens (tertiary/aromatic N) is 2. The Morgan fingerprint density at radius 1 is 0.733 bits per heavy atom. The lowest BCUT2D eigenvalue weighted by Crippen LogP contribution is -2.38. The predicted molar refractivity (Wildman–Crippen MR) is 120 cm³/mol. The van der Waals surface area contributed by atoms with Gasteiger partial charge in [0, 0.05) is 11.1 Å². The van der Waals surface area contributed by atoms with Crippen molar-refractivity contribution in [2.75, 3.05) is 41.3 Å². The fourth-order valence-corrected chi connectivity index (χ4v) is 2.98. The van der Waals surface area contributed by atoms with Crippen LogP contribution in [0.5, 0.6) is 0 Å². The van der Waals surface area contributed by atoms with Crippen LogP contribution < -0.4 is 10.2 Å². The van der Waals surface area contributed by atoms with E-state index in [1.807, 2.05) is 12.2 Å². The number of carbonyl (C=O) groups is 1. The first-order chi connectivity index (χ1) is 14.0. The van der Waals surface area contributed by atoms with Crippen LogP contribution in [0.25, 0.3) is 0 Å². The molecule has 0 saturated heterocycles. The van der Waals surface area contributed by atoms with Crippen molar-refractivity contribution in [1.82, 2.24) is 0 Å². The zero-order valence-corrected chi connectivity index (χ0v) is 18.8. The van der Waals surface area contributed by atoms with Crippen molar-refractivity contribution in [3.8, 4) is 0 Å². The zero-order valence-electron chi connectivity index (χ0n) is 18.8. The summed E-state index contributed by atoms with van der Waals surface area (Å²) in [5, 5.41) is 16.7. The lowest BCUT2D eigenvalue weighted by atomic mass is 10.2. The summed E-state index contributed by atoms with van der Waals surface area (Å²) in [6.07, 6.45) is 1.62. The van der Waals surface area contributed by atoms with E-state index < -0.39 is 6.16 Å². The number of rotatable bonds is 8. The molecule has 0 N–H and O–H groups in total. The molecule has 0 fully saturated rings. The van der Waals surface area contributed by atoms with Gasteiger partial charge in [0.25, 0.3) is 0 Å². The Morgan fingerprint density at radius 2 is 1.00 bits per heavy atom. The van der Waals surface area contributed by atoms with Gasteiger partial charge in [-0.3, -0.25) is 0 Å². The molecule has 30 heavy (non-hydrogen) atoms. The lowest BCUT2D eigenvalue weighted by Gasteiger charge is -2.28. The van der Waals surface area contributed by atoms with Crippen molar-refractivity contribution in [1.29, 1.82) is 0 Å². The number of carbonyl (C=O) groups excluding carboxylic acids is 1. The van der Waals surface area contributed by atoms with Crippen molar-refractivity contribution in [2.45, 2.75) is 13.1 Å². The Morgan fingerprint density at radius 3 is 1.23 bits per heavy atom. The molecule has 0 aromatic heterocycles. The second kappa shape index (κ2) is 14.1. The Labute approximate surface area is 182 Å². The van der Waals surface area contributed by atoms with Gasteiger partial charge in [-0.15, -0.1) is 0 Å². The summed E-state index contributed by atoms with van der Waals surface area (Å²) in [7, 11) is 8.87. The van der Waals surface area contributed by atoms with Crippen LogP contribution in [-0.4, -0.2) is 56.4 Å². The summed E-state index contributed by atoms with van der Waals surface area (Å²) in [6, 6.07) is 21.1. The maximum Gasteiger partial charge on any atom is 0.104 e. The minimum atomic E-state index is -2.33. The van der Waals surface area contributed by atoms with Crippen molar-refractivity contribution >= 4 is 6.16 Å². The van der Waals surface area contributed by atoms with Crippen LogP contribution in [-0.2, 0) is 13.1 Å². The van der Waals surface area contributed by atoms with Crippen molar-refractivity contribution in [3.63, 3.8) is 0 Å². The summed E-state index contributed by atoms with van der Waals surface area (Å²) < 4.78 is 1.93. The zero-order chi connectivity index (χ0) is 23.0. The van der Waals surface area contributed by atoms with Gasteiger partial charge in [-0.2, -0.15) is 0 Å². The SMILES string of the molecule is C=CC[N+](C)(C)Cc1ccccc1.C=CC[N+](C)(C)Cc1ccccc1.O=C([O-])[O-]. The molecule has 164 valence electrons. The first-order valence-electron chi connectivity index (χ1n) is 9.83. The first-order valence-corrected chi connectivity index (χ1v) is 9.83. The van der Waals surface area contributed by atoms with Crippen LogP contribution in [0, 0.1) is 0 Å². The second-order valence-corrected chi connectivity index (χ2v) is 8.35. The third-order valence-corrected chi connectivity index (χ3v) is 4.15. The quantitative estimate of drug-likeness (QED) is 0.494. The molecule has 0 heterocycles. The van der Waals surface area contributed by atoms with Gasteiger partial charge in [0.2, 0.25) is 0 Å². The summed E-state index contributed by atoms with van der Waals surface area (Å²) in [4.78, 5) is 8.33. The van der Waals surface area contributed by atoms with Gasteiger partial charge in [-0.1, -0.05) is 73.8 Å². The molecule has 0 amide bonds. The minimum absolute atomic E-state index is 0.966. The second-order valence-electron chi connectivity index (χ2n) is 8.35. The van der Waals surface area contributed by atoms with Crippen LogP contribution in [0.2, 0.25) is 0 Å². The summed E-state index contributed by atoms with van der Waals surface area (Å²) in [5.41, 5.74) is 2.77. The topological polar surface area (TPSA) is 63.2 Å². The molecule has 0 atom stereocenters. The van der Waals surface area contributed by atoms with E-state index in [1.165, 1.54) is 11.1 Å². The van der Waals surface area contributed by atoms with Gasteiger partial charge in [-0.05, 0) is 18.3 Å². The van der Waals surface area contributed by atoms with E-state index in [0.717, 1.165) is 35.1 Å². The first kappa shape index (κ1) is 27.1. The normalized spacial score (nSPS) is 10.5. The number of carboxylic acid groups (broad SMARTS) is 2. The Hall–Kier alpha value is -2.89. The van der Waals surface area contributed by atoms with Crippen LogP contribution in [0.1, 0.15) is 11.1 Å². The predicted octanol–water partition coefficient (Wildman–Crippen LogP) is 2.45. The number of benzene rings is 2. The molecule has 0 aliphatic carbocycles. The van der Waals surface area contributed by atoms with E-state index in [4.69, 9.17) is 15.0 Å². The van der Waals surface area contributed by atoms with Crippen LogP contribution in [0.3, 0.4) is 0 Å². The highest BCUT2D eigenvalue weighted by Gasteiger charge is 2.13. The number of quaternary nitrogens is 2. The third kappa shape index (κ3) is 15.1. The summed E-state index contributed by atoms with van der Waals surface area (Å²) >= 11 is 0. The minimum Gasteiger partial charge on any atom is -0.652 e. The van der Waals surface area contributed by atoms with Gasteiger partial charge in [0.05, 0.1) is 41.3 Å². The molecule has 0 unspecified atom stereocenters. The van der Waals surface area contributed by atoms with Crippen molar-refractivity contribution in [2.24, 2.45) is 0 Å². The van der Waals surface area contributed by atoms with Gasteiger partial charge in [0.1, 0.15) is 13.1 Å². The van der Waals surface area contributed by atoms with Gasteiger partial charge >= 0.3 is 0 Å². The van der Waals surface area contributed by atoms with Gasteiger partial charge < -0.3 is 24.0 Å². The maximum atomic E-state index is 8.33. The van der Waals surface area contributed by atoms with E-state index in [0.29, 0.717) is 0 Å². The van der Waals surface area contributed by atoms with Crippen molar-refractivity contribution in [3.05, 3.63) is 97.1 Å². The molecule has 0 bridgehead atoms. The van der Waals surface area contributed by atoms with Crippen LogP contribution >= 0.6 is 0 Å². The number of likely N-dealkylation sites (N-methyl/N-ethyl adjacent to an activating group) is 2. The maximum absolute atomic E-state index is 8.33. The molecule has 0 aliphatic rings. The Kier molecular flexibility index (Phi) is 12.8. The Bertz CT molecular complexity index is 678.